The van der Waals surface area contributed by atoms with Crippen LogP contribution < -0.4 is 5.32 Å². The lowest BCUT2D eigenvalue weighted by molar-refractivity contribution is -0.136. The molecule has 5 aliphatic rings. The number of rotatable bonds is 4. The van der Waals surface area contributed by atoms with Gasteiger partial charge in [-0.3, -0.25) is 9.59 Å². The van der Waals surface area contributed by atoms with E-state index < -0.39 is 5.60 Å². The van der Waals surface area contributed by atoms with E-state index in [1.807, 2.05) is 13.0 Å². The molecule has 4 saturated carbocycles. The van der Waals surface area contributed by atoms with Crippen molar-refractivity contribution in [3.63, 3.8) is 0 Å². The van der Waals surface area contributed by atoms with Gasteiger partial charge < -0.3 is 15.2 Å². The van der Waals surface area contributed by atoms with Gasteiger partial charge in [0.05, 0.1) is 15.4 Å². The Labute approximate surface area is 169 Å². The Morgan fingerprint density at radius 2 is 1.86 bits per heavy atom. The van der Waals surface area contributed by atoms with Crippen molar-refractivity contribution in [1.82, 2.24) is 5.32 Å². The first-order chi connectivity index (χ1) is 13.4. The third-order valence-corrected chi connectivity index (χ3v) is 8.75. The number of hydrogen-bond donors (Lipinski definition) is 2. The van der Waals surface area contributed by atoms with Crippen molar-refractivity contribution in [3.05, 3.63) is 21.4 Å². The zero-order valence-electron chi connectivity index (χ0n) is 16.4. The van der Waals surface area contributed by atoms with Crippen molar-refractivity contribution in [2.75, 3.05) is 13.2 Å². The minimum absolute atomic E-state index is 0.0212. The third kappa shape index (κ3) is 3.23. The molecule has 152 valence electrons. The molecule has 2 unspecified atom stereocenters. The van der Waals surface area contributed by atoms with Gasteiger partial charge in [-0.1, -0.05) is 0 Å². The lowest BCUT2D eigenvalue weighted by atomic mass is 9.52. The molecule has 4 bridgehead atoms. The maximum Gasteiger partial charge on any atom is 0.261 e. The molecular formula is C22H29NO4S. The van der Waals surface area contributed by atoms with Gasteiger partial charge in [-0.05, 0) is 81.3 Å². The number of amides is 1. The van der Waals surface area contributed by atoms with Gasteiger partial charge in [0.15, 0.2) is 5.78 Å². The van der Waals surface area contributed by atoms with E-state index in [-0.39, 0.29) is 23.7 Å². The van der Waals surface area contributed by atoms with E-state index >= 15 is 0 Å². The van der Waals surface area contributed by atoms with Crippen molar-refractivity contribution < 1.29 is 19.4 Å². The number of ketones is 1. The third-order valence-electron chi connectivity index (χ3n) is 7.50. The molecule has 28 heavy (non-hydrogen) atoms. The summed E-state index contributed by atoms with van der Waals surface area (Å²) in [6, 6.07) is 2.05. The van der Waals surface area contributed by atoms with Gasteiger partial charge in [0.25, 0.3) is 5.91 Å². The molecular weight excluding hydrogens is 374 g/mol. The van der Waals surface area contributed by atoms with Gasteiger partial charge in [0.2, 0.25) is 0 Å². The van der Waals surface area contributed by atoms with Gasteiger partial charge in [0.1, 0.15) is 0 Å². The van der Waals surface area contributed by atoms with Gasteiger partial charge in [0, 0.05) is 25.2 Å². The first-order valence-corrected chi connectivity index (χ1v) is 11.5. The monoisotopic (exact) mass is 403 g/mol. The Morgan fingerprint density at radius 3 is 2.50 bits per heavy atom. The van der Waals surface area contributed by atoms with Crippen molar-refractivity contribution >= 4 is 23.0 Å². The summed E-state index contributed by atoms with van der Waals surface area (Å²) in [5.41, 5.74) is 0.403. The lowest BCUT2D eigenvalue weighted by Crippen LogP contribution is -2.61. The molecule has 1 aromatic rings. The fourth-order valence-corrected chi connectivity index (χ4v) is 7.52. The highest BCUT2D eigenvalue weighted by atomic mass is 32.1. The van der Waals surface area contributed by atoms with Crippen LogP contribution in [0.2, 0.25) is 0 Å². The first kappa shape index (κ1) is 18.8. The molecule has 1 amide bonds. The molecule has 5 nitrogen and oxygen atoms in total. The topological polar surface area (TPSA) is 75.6 Å². The van der Waals surface area contributed by atoms with Crippen LogP contribution in [0.15, 0.2) is 6.07 Å². The van der Waals surface area contributed by atoms with Crippen LogP contribution in [0, 0.1) is 30.6 Å². The van der Waals surface area contributed by atoms with Gasteiger partial charge in [-0.2, -0.15) is 0 Å². The van der Waals surface area contributed by atoms with E-state index in [9.17, 15) is 14.7 Å². The van der Waals surface area contributed by atoms with Crippen molar-refractivity contribution in [3.8, 4) is 0 Å². The minimum atomic E-state index is -0.486. The number of thiophene rings is 1. The predicted molar refractivity (Wildman–Crippen MR) is 107 cm³/mol. The van der Waals surface area contributed by atoms with E-state index in [4.69, 9.17) is 4.74 Å². The first-order valence-electron chi connectivity index (χ1n) is 10.7. The number of carbonyl (C=O) groups excluding carboxylic acids is 2. The maximum atomic E-state index is 13.1. The smallest absolute Gasteiger partial charge is 0.261 e. The summed E-state index contributed by atoms with van der Waals surface area (Å²) in [5, 5.41) is 14.0. The molecule has 2 atom stereocenters. The highest BCUT2D eigenvalue weighted by molar-refractivity contribution is 7.16. The van der Waals surface area contributed by atoms with Gasteiger partial charge in [-0.25, -0.2) is 0 Å². The van der Waals surface area contributed by atoms with Crippen LogP contribution in [0.25, 0.3) is 0 Å². The van der Waals surface area contributed by atoms with Gasteiger partial charge in [-0.15, -0.1) is 11.3 Å². The fourth-order valence-electron chi connectivity index (χ4n) is 6.42. The summed E-state index contributed by atoms with van der Waals surface area (Å²) < 4.78 is 5.36. The van der Waals surface area contributed by atoms with Crippen LogP contribution in [-0.4, -0.2) is 41.7 Å². The summed E-state index contributed by atoms with van der Waals surface area (Å²) in [7, 11) is 0. The zero-order chi connectivity index (χ0) is 19.5. The van der Waals surface area contributed by atoms with E-state index in [1.165, 1.54) is 11.3 Å². The Balaban J connectivity index is 1.30. The average Bonchev–Trinajstić information content (AvgIpc) is 3.05. The van der Waals surface area contributed by atoms with E-state index in [0.717, 1.165) is 50.5 Å². The molecule has 1 saturated heterocycles. The van der Waals surface area contributed by atoms with E-state index in [1.54, 1.807) is 0 Å². The maximum absolute atomic E-state index is 13.1. The summed E-state index contributed by atoms with van der Waals surface area (Å²) in [6.07, 6.45) is 6.38. The van der Waals surface area contributed by atoms with E-state index in [0.29, 0.717) is 40.7 Å². The molecule has 2 heterocycles. The van der Waals surface area contributed by atoms with Crippen molar-refractivity contribution in [2.24, 2.45) is 23.7 Å². The molecule has 4 aliphatic carbocycles. The summed E-state index contributed by atoms with van der Waals surface area (Å²) in [6.45, 7) is 3.21. The zero-order valence-corrected chi connectivity index (χ0v) is 17.2. The van der Waals surface area contributed by atoms with Crippen LogP contribution in [-0.2, 0) is 4.74 Å². The molecule has 0 radical (unpaired) electrons. The number of aryl methyl sites for hydroxylation is 1. The number of Topliss-reactive ketones (excluding diaryl/α,β-unsaturated/α-hetero) is 1. The summed E-state index contributed by atoms with van der Waals surface area (Å²) in [5.74, 6) is 1.55. The second-order valence-corrected chi connectivity index (χ2v) is 10.6. The number of aliphatic hydroxyl groups is 1. The van der Waals surface area contributed by atoms with Crippen molar-refractivity contribution in [2.45, 2.75) is 63.5 Å². The van der Waals surface area contributed by atoms with Crippen LogP contribution in [0.1, 0.15) is 69.9 Å². The summed E-state index contributed by atoms with van der Waals surface area (Å²) >= 11 is 1.34. The quantitative estimate of drug-likeness (QED) is 0.756. The van der Waals surface area contributed by atoms with Crippen LogP contribution >= 0.6 is 11.3 Å². The molecule has 0 aromatic carbocycles. The second kappa shape index (κ2) is 6.92. The lowest BCUT2D eigenvalue weighted by Gasteiger charge is -2.58. The standard InChI is InChI=1S/C22H29NO4S/c1-12-6-17(19(24)14-2-4-27-5-3-14)28-20(12)21(25)23-18-15-7-13-8-16(18)11-22(26,9-13)10-15/h6,13-16,18,26H,2-5,7-11H2,1H3,(H,23,25). The normalized spacial score (nSPS) is 37.2. The molecule has 5 fully saturated rings. The predicted octanol–water partition coefficient (Wildman–Crippen LogP) is 3.34. The van der Waals surface area contributed by atoms with Crippen LogP contribution in [0.4, 0.5) is 0 Å². The highest BCUT2D eigenvalue weighted by Crippen LogP contribution is 2.55. The SMILES string of the molecule is Cc1cc(C(=O)C2CCOCC2)sc1C(=O)NC1C2CC3CC1CC(O)(C3)C2. The Morgan fingerprint density at radius 1 is 1.18 bits per heavy atom. The minimum Gasteiger partial charge on any atom is -0.390 e. The highest BCUT2D eigenvalue weighted by Gasteiger charge is 2.55. The Hall–Kier alpha value is -1.24. The van der Waals surface area contributed by atoms with Crippen molar-refractivity contribution in [1.29, 1.82) is 0 Å². The van der Waals surface area contributed by atoms with Crippen LogP contribution in [0.3, 0.4) is 0 Å². The average molecular weight is 404 g/mol. The van der Waals surface area contributed by atoms with Crippen LogP contribution in [0.5, 0.6) is 0 Å². The Kier molecular flexibility index (Phi) is 4.64. The molecule has 0 spiro atoms. The number of ether oxygens (including phenoxy) is 1. The second-order valence-electron chi connectivity index (χ2n) is 9.57. The number of hydrogen-bond acceptors (Lipinski definition) is 5. The summed E-state index contributed by atoms with van der Waals surface area (Å²) in [4.78, 5) is 27.2. The number of carbonyl (C=O) groups is 2. The largest absolute Gasteiger partial charge is 0.390 e. The van der Waals surface area contributed by atoms with E-state index in [2.05, 4.69) is 5.32 Å². The molecule has 1 aliphatic heterocycles. The fraction of sp³-hybridized carbons (Fsp3) is 0.727. The number of nitrogens with one attached hydrogen (secondary N) is 1. The molecule has 6 heteroatoms. The molecule has 2 N–H and O–H groups in total. The Bertz CT molecular complexity index is 780. The molecule has 1 aromatic heterocycles. The van der Waals surface area contributed by atoms with Gasteiger partial charge >= 0.3 is 0 Å². The molecule has 6 rings (SSSR count).